The summed E-state index contributed by atoms with van der Waals surface area (Å²) >= 11 is 5.79. The molecule has 112 valence electrons. The lowest BCUT2D eigenvalue weighted by molar-refractivity contribution is 0.572. The fraction of sp³-hybridized carbons (Fsp3) is 0.333. The van der Waals surface area contributed by atoms with E-state index in [1.165, 1.54) is 17.2 Å². The highest BCUT2D eigenvalue weighted by molar-refractivity contribution is 6.30. The van der Waals surface area contributed by atoms with Gasteiger partial charge in [-0.2, -0.15) is 0 Å². The van der Waals surface area contributed by atoms with E-state index in [1.807, 2.05) is 0 Å². The third-order valence-corrected chi connectivity index (χ3v) is 3.99. The van der Waals surface area contributed by atoms with Crippen LogP contribution in [0.1, 0.15) is 49.4 Å². The quantitative estimate of drug-likeness (QED) is 0.774. The van der Waals surface area contributed by atoms with E-state index < -0.39 is 0 Å². The van der Waals surface area contributed by atoms with Crippen LogP contribution in [-0.4, -0.2) is 0 Å². The van der Waals surface area contributed by atoms with Crippen LogP contribution < -0.4 is 5.32 Å². The maximum atomic E-state index is 13.1. The highest BCUT2D eigenvalue weighted by atomic mass is 35.5. The Morgan fingerprint density at radius 2 is 1.62 bits per heavy atom. The Kier molecular flexibility index (Phi) is 5.38. The van der Waals surface area contributed by atoms with Crippen LogP contribution in [0.2, 0.25) is 5.02 Å². The van der Waals surface area contributed by atoms with Crippen molar-refractivity contribution >= 4 is 11.6 Å². The van der Waals surface area contributed by atoms with Crippen LogP contribution in [0.15, 0.2) is 42.5 Å². The maximum absolute atomic E-state index is 13.1. The molecular formula is C18H21ClFN. The topological polar surface area (TPSA) is 12.0 Å². The molecule has 21 heavy (non-hydrogen) atoms. The Morgan fingerprint density at radius 3 is 2.19 bits per heavy atom. The molecule has 1 atom stereocenters. The first kappa shape index (κ1) is 16.0. The second-order valence-corrected chi connectivity index (χ2v) is 6.08. The second-order valence-electron chi connectivity index (χ2n) is 5.67. The average Bonchev–Trinajstić information content (AvgIpc) is 2.48. The van der Waals surface area contributed by atoms with Gasteiger partial charge in [-0.1, -0.05) is 55.8 Å². The van der Waals surface area contributed by atoms with Gasteiger partial charge < -0.3 is 5.32 Å². The summed E-state index contributed by atoms with van der Waals surface area (Å²) < 4.78 is 13.1. The third-order valence-electron chi connectivity index (χ3n) is 3.70. The first-order chi connectivity index (χ1) is 9.97. The van der Waals surface area contributed by atoms with Gasteiger partial charge in [0.15, 0.2) is 0 Å². The molecule has 0 bridgehead atoms. The van der Waals surface area contributed by atoms with E-state index in [0.29, 0.717) is 12.5 Å². The summed E-state index contributed by atoms with van der Waals surface area (Å²) in [4.78, 5) is 0. The summed E-state index contributed by atoms with van der Waals surface area (Å²) in [6.07, 6.45) is 0. The lowest BCUT2D eigenvalue weighted by Gasteiger charge is -2.16. The molecule has 0 aromatic heterocycles. The second kappa shape index (κ2) is 7.06. The molecular weight excluding hydrogens is 285 g/mol. The lowest BCUT2D eigenvalue weighted by atomic mass is 9.99. The van der Waals surface area contributed by atoms with E-state index in [-0.39, 0.29) is 16.9 Å². The Hall–Kier alpha value is -1.38. The highest BCUT2D eigenvalue weighted by Gasteiger charge is 2.07. The van der Waals surface area contributed by atoms with Gasteiger partial charge in [-0.15, -0.1) is 0 Å². The van der Waals surface area contributed by atoms with Gasteiger partial charge in [0.25, 0.3) is 0 Å². The molecule has 1 unspecified atom stereocenters. The molecule has 3 heteroatoms. The predicted octanol–water partition coefficient (Wildman–Crippen LogP) is 5.45. The van der Waals surface area contributed by atoms with Crippen molar-refractivity contribution in [3.63, 3.8) is 0 Å². The van der Waals surface area contributed by atoms with Crippen LogP contribution in [0.5, 0.6) is 0 Å². The van der Waals surface area contributed by atoms with Crippen LogP contribution in [0, 0.1) is 5.82 Å². The molecule has 0 heterocycles. The van der Waals surface area contributed by atoms with Crippen LogP contribution in [0.4, 0.5) is 4.39 Å². The summed E-state index contributed by atoms with van der Waals surface area (Å²) in [7, 11) is 0. The molecule has 0 fully saturated rings. The lowest BCUT2D eigenvalue weighted by Crippen LogP contribution is -2.18. The number of benzene rings is 2. The van der Waals surface area contributed by atoms with E-state index in [9.17, 15) is 4.39 Å². The Labute approximate surface area is 131 Å². The van der Waals surface area contributed by atoms with E-state index in [4.69, 9.17) is 11.6 Å². The van der Waals surface area contributed by atoms with Gasteiger partial charge in [-0.05, 0) is 41.7 Å². The van der Waals surface area contributed by atoms with E-state index in [2.05, 4.69) is 50.4 Å². The normalized spacial score (nSPS) is 12.7. The van der Waals surface area contributed by atoms with Crippen LogP contribution in [0.3, 0.4) is 0 Å². The molecule has 2 aromatic rings. The SMILES string of the molecule is CC(C)c1ccc(C(C)NCc2ccc(F)c(Cl)c2)cc1. The van der Waals surface area contributed by atoms with Gasteiger partial charge in [0, 0.05) is 12.6 Å². The fourth-order valence-corrected chi connectivity index (χ4v) is 2.41. The molecule has 2 aromatic carbocycles. The molecule has 0 saturated heterocycles. The molecule has 0 radical (unpaired) electrons. The van der Waals surface area contributed by atoms with Crippen LogP contribution >= 0.6 is 11.6 Å². The predicted molar refractivity (Wildman–Crippen MR) is 87.2 cm³/mol. The number of hydrogen-bond donors (Lipinski definition) is 1. The van der Waals surface area contributed by atoms with Crippen molar-refractivity contribution in [2.75, 3.05) is 0 Å². The van der Waals surface area contributed by atoms with Crippen molar-refractivity contribution in [3.8, 4) is 0 Å². The van der Waals surface area contributed by atoms with E-state index >= 15 is 0 Å². The summed E-state index contributed by atoms with van der Waals surface area (Å²) in [5.41, 5.74) is 3.57. The molecule has 0 aliphatic carbocycles. The van der Waals surface area contributed by atoms with Crippen LogP contribution in [-0.2, 0) is 6.54 Å². The van der Waals surface area contributed by atoms with E-state index in [0.717, 1.165) is 5.56 Å². The molecule has 0 aliphatic rings. The van der Waals surface area contributed by atoms with Gasteiger partial charge in [0.1, 0.15) is 5.82 Å². The van der Waals surface area contributed by atoms with Crippen molar-refractivity contribution < 1.29 is 4.39 Å². The average molecular weight is 306 g/mol. The summed E-state index contributed by atoms with van der Waals surface area (Å²) in [6.45, 7) is 7.16. The van der Waals surface area contributed by atoms with Crippen LogP contribution in [0.25, 0.3) is 0 Å². The Bertz CT molecular complexity index is 593. The molecule has 2 rings (SSSR count). The summed E-state index contributed by atoms with van der Waals surface area (Å²) in [6, 6.07) is 13.7. The first-order valence-corrected chi connectivity index (χ1v) is 7.62. The zero-order valence-corrected chi connectivity index (χ0v) is 13.4. The van der Waals surface area contributed by atoms with Gasteiger partial charge in [0.05, 0.1) is 5.02 Å². The molecule has 0 aliphatic heterocycles. The van der Waals surface area contributed by atoms with Crippen molar-refractivity contribution in [2.24, 2.45) is 0 Å². The highest BCUT2D eigenvalue weighted by Crippen LogP contribution is 2.20. The summed E-state index contributed by atoms with van der Waals surface area (Å²) in [5.74, 6) is 0.168. The number of nitrogens with one attached hydrogen (secondary N) is 1. The minimum atomic E-state index is -0.377. The molecule has 0 spiro atoms. The Morgan fingerprint density at radius 1 is 1.00 bits per heavy atom. The van der Waals surface area contributed by atoms with Gasteiger partial charge in [0.2, 0.25) is 0 Å². The van der Waals surface area contributed by atoms with E-state index in [1.54, 1.807) is 12.1 Å². The summed E-state index contributed by atoms with van der Waals surface area (Å²) in [5, 5.41) is 3.60. The number of rotatable bonds is 5. The number of halogens is 2. The van der Waals surface area contributed by atoms with Gasteiger partial charge in [-0.25, -0.2) is 4.39 Å². The fourth-order valence-electron chi connectivity index (χ4n) is 2.21. The van der Waals surface area contributed by atoms with Gasteiger partial charge in [-0.3, -0.25) is 0 Å². The van der Waals surface area contributed by atoms with Crippen molar-refractivity contribution in [1.29, 1.82) is 0 Å². The number of hydrogen-bond acceptors (Lipinski definition) is 1. The minimum absolute atomic E-state index is 0.170. The Balaban J connectivity index is 1.97. The zero-order chi connectivity index (χ0) is 15.4. The standard InChI is InChI=1S/C18H21ClFN/c1-12(2)15-5-7-16(8-6-15)13(3)21-11-14-4-9-18(20)17(19)10-14/h4-10,12-13,21H,11H2,1-3H3. The first-order valence-electron chi connectivity index (χ1n) is 7.24. The third kappa shape index (κ3) is 4.29. The molecule has 0 amide bonds. The van der Waals surface area contributed by atoms with Crippen molar-refractivity contribution in [2.45, 2.75) is 39.3 Å². The maximum Gasteiger partial charge on any atom is 0.141 e. The zero-order valence-electron chi connectivity index (χ0n) is 12.7. The molecule has 1 N–H and O–H groups in total. The monoisotopic (exact) mass is 305 g/mol. The van der Waals surface area contributed by atoms with Gasteiger partial charge >= 0.3 is 0 Å². The minimum Gasteiger partial charge on any atom is -0.306 e. The molecule has 1 nitrogen and oxygen atoms in total. The smallest absolute Gasteiger partial charge is 0.141 e. The van der Waals surface area contributed by atoms with Crippen molar-refractivity contribution in [1.82, 2.24) is 5.32 Å². The molecule has 0 saturated carbocycles. The largest absolute Gasteiger partial charge is 0.306 e. The van der Waals surface area contributed by atoms with Crippen molar-refractivity contribution in [3.05, 3.63) is 70.0 Å².